The molecule has 1 N–H and O–H groups in total. The normalized spacial score (nSPS) is 10.3. The van der Waals surface area contributed by atoms with Crippen molar-refractivity contribution >= 4 is 55.1 Å². The lowest BCUT2D eigenvalue weighted by Gasteiger charge is -2.10. The van der Waals surface area contributed by atoms with E-state index in [1.165, 1.54) is 11.1 Å². The molecule has 0 bridgehead atoms. The zero-order valence-electron chi connectivity index (χ0n) is 16.0. The average molecular weight is 561 g/mol. The van der Waals surface area contributed by atoms with E-state index in [1.54, 1.807) is 0 Å². The van der Waals surface area contributed by atoms with Crippen molar-refractivity contribution in [1.29, 1.82) is 0 Å². The molecular formula is C23H22Br2Cl2O2. The van der Waals surface area contributed by atoms with Crippen molar-refractivity contribution in [2.24, 2.45) is 0 Å². The maximum absolute atomic E-state index is 8.58. The molecule has 0 saturated heterocycles. The fraction of sp³-hybridized carbons (Fsp3) is 0.217. The summed E-state index contributed by atoms with van der Waals surface area (Å²) in [6, 6.07) is 19.8. The van der Waals surface area contributed by atoms with E-state index in [2.05, 4.69) is 44.0 Å². The Kier molecular flexibility index (Phi) is 10.5. The van der Waals surface area contributed by atoms with Crippen LogP contribution in [0.3, 0.4) is 0 Å². The van der Waals surface area contributed by atoms with Gasteiger partial charge in [0.1, 0.15) is 0 Å². The number of ether oxygens (including phenoxy) is 1. The molecule has 0 saturated carbocycles. The van der Waals surface area contributed by atoms with Crippen LogP contribution in [0.15, 0.2) is 69.6 Å². The summed E-state index contributed by atoms with van der Waals surface area (Å²) >= 11 is 19.0. The molecule has 0 atom stereocenters. The highest BCUT2D eigenvalue weighted by Crippen LogP contribution is 2.34. The Morgan fingerprint density at radius 3 is 1.69 bits per heavy atom. The van der Waals surface area contributed by atoms with Crippen molar-refractivity contribution < 1.29 is 9.84 Å². The number of halogens is 4. The summed E-state index contributed by atoms with van der Waals surface area (Å²) in [5.41, 5.74) is 3.41. The molecule has 0 aliphatic carbocycles. The summed E-state index contributed by atoms with van der Waals surface area (Å²) in [7, 11) is 0. The fourth-order valence-electron chi connectivity index (χ4n) is 2.53. The van der Waals surface area contributed by atoms with Crippen molar-refractivity contribution in [3.63, 3.8) is 0 Å². The lowest BCUT2D eigenvalue weighted by atomic mass is 10.2. The molecular weight excluding hydrogens is 539 g/mol. The van der Waals surface area contributed by atoms with E-state index in [-0.39, 0.29) is 6.61 Å². The van der Waals surface area contributed by atoms with Gasteiger partial charge in [-0.1, -0.05) is 79.3 Å². The molecule has 0 heterocycles. The average Bonchev–Trinajstić information content (AvgIpc) is 2.68. The maximum atomic E-state index is 8.58. The Hall–Kier alpha value is -1.04. The van der Waals surface area contributed by atoms with E-state index < -0.39 is 0 Å². The highest BCUT2D eigenvalue weighted by Gasteiger charge is 2.08. The van der Waals surface area contributed by atoms with Crippen LogP contribution in [0.4, 0.5) is 0 Å². The van der Waals surface area contributed by atoms with Crippen LogP contribution in [0.5, 0.6) is 5.75 Å². The van der Waals surface area contributed by atoms with Crippen LogP contribution in [0.25, 0.3) is 0 Å². The molecule has 0 aliphatic heterocycles. The minimum absolute atomic E-state index is 0.224. The molecule has 6 heteroatoms. The first-order chi connectivity index (χ1) is 13.9. The van der Waals surface area contributed by atoms with Gasteiger partial charge in [0.05, 0.1) is 16.7 Å². The van der Waals surface area contributed by atoms with Crippen LogP contribution in [0.1, 0.15) is 16.7 Å². The Labute approximate surface area is 199 Å². The predicted octanol–water partition coefficient (Wildman–Crippen LogP) is 7.67. The van der Waals surface area contributed by atoms with Gasteiger partial charge in [0.2, 0.25) is 0 Å². The smallest absolute Gasteiger partial charge is 0.156 e. The lowest BCUT2D eigenvalue weighted by Crippen LogP contribution is -2.02. The van der Waals surface area contributed by atoms with Crippen molar-refractivity contribution in [1.82, 2.24) is 0 Å². The molecule has 0 amide bonds. The Morgan fingerprint density at radius 1 is 0.793 bits per heavy atom. The number of aliphatic hydroxyl groups excluding tert-OH is 1. The zero-order valence-corrected chi connectivity index (χ0v) is 20.7. The number of benzene rings is 3. The van der Waals surface area contributed by atoms with E-state index in [9.17, 15) is 0 Å². The van der Waals surface area contributed by atoms with Gasteiger partial charge >= 0.3 is 0 Å². The van der Waals surface area contributed by atoms with Gasteiger partial charge < -0.3 is 9.84 Å². The lowest BCUT2D eigenvalue weighted by molar-refractivity contribution is 0.299. The van der Waals surface area contributed by atoms with Crippen molar-refractivity contribution in [3.05, 3.63) is 96.3 Å². The van der Waals surface area contributed by atoms with Gasteiger partial charge in [-0.2, -0.15) is 0 Å². The molecule has 154 valence electrons. The minimum atomic E-state index is 0.224. The third-order valence-electron chi connectivity index (χ3n) is 4.01. The molecule has 0 aliphatic rings. The van der Waals surface area contributed by atoms with E-state index in [0.29, 0.717) is 22.4 Å². The molecule has 29 heavy (non-hydrogen) atoms. The molecule has 0 unspecified atom stereocenters. The van der Waals surface area contributed by atoms with Crippen LogP contribution >= 0.6 is 55.1 Å². The number of rotatable bonds is 6. The molecule has 0 radical (unpaired) electrons. The van der Waals surface area contributed by atoms with Crippen LogP contribution in [0, 0.1) is 6.92 Å². The quantitative estimate of drug-likeness (QED) is 0.335. The number of hydrogen-bond acceptors (Lipinski definition) is 2. The molecule has 0 aromatic heterocycles. The van der Waals surface area contributed by atoms with Crippen LogP contribution in [-0.4, -0.2) is 18.3 Å². The highest BCUT2D eigenvalue weighted by atomic mass is 79.9. The van der Waals surface area contributed by atoms with Crippen LogP contribution in [0.2, 0.25) is 10.0 Å². The highest BCUT2D eigenvalue weighted by molar-refractivity contribution is 9.10. The molecule has 2 nitrogen and oxygen atoms in total. The summed E-state index contributed by atoms with van der Waals surface area (Å²) in [4.78, 5) is 0. The second-order valence-corrected chi connectivity index (χ2v) is 9.03. The summed E-state index contributed by atoms with van der Waals surface area (Å²) in [5.74, 6) is 0.561. The molecule has 3 rings (SSSR count). The van der Waals surface area contributed by atoms with Gasteiger partial charge in [0.15, 0.2) is 5.75 Å². The number of aryl methyl sites for hydroxylation is 1. The predicted molar refractivity (Wildman–Crippen MR) is 129 cm³/mol. The van der Waals surface area contributed by atoms with Crippen molar-refractivity contribution in [2.75, 3.05) is 13.2 Å². The van der Waals surface area contributed by atoms with Gasteiger partial charge in [0.25, 0.3) is 0 Å². The van der Waals surface area contributed by atoms with Gasteiger partial charge in [0, 0.05) is 22.0 Å². The largest absolute Gasteiger partial charge is 0.490 e. The van der Waals surface area contributed by atoms with E-state index >= 15 is 0 Å². The van der Waals surface area contributed by atoms with Gasteiger partial charge in [-0.15, -0.1) is 0 Å². The third-order valence-corrected chi connectivity index (χ3v) is 5.63. The first kappa shape index (κ1) is 24.2. The summed E-state index contributed by atoms with van der Waals surface area (Å²) < 4.78 is 7.83. The van der Waals surface area contributed by atoms with E-state index in [4.69, 9.17) is 33.0 Å². The van der Waals surface area contributed by atoms with Crippen molar-refractivity contribution in [2.45, 2.75) is 19.8 Å². The standard InChI is InChI=1S/C15H13BrCl2O.C8H9BrO/c1-10-8-13(17)15(14(18)9-10)19-7-6-11-2-4-12(16)5-3-11;9-8-3-1-7(2-4-8)5-6-10/h2-5,8-9H,6-7H2,1H3;1-4,10H,5-6H2. The maximum Gasteiger partial charge on any atom is 0.156 e. The van der Waals surface area contributed by atoms with E-state index in [0.717, 1.165) is 27.4 Å². The first-order valence-electron chi connectivity index (χ1n) is 9.07. The Bertz CT molecular complexity index is 875. The molecule has 0 spiro atoms. The van der Waals surface area contributed by atoms with E-state index in [1.807, 2.05) is 55.5 Å². The van der Waals surface area contributed by atoms with Gasteiger partial charge in [-0.05, 0) is 66.4 Å². The fourth-order valence-corrected chi connectivity index (χ4v) is 3.76. The van der Waals surface area contributed by atoms with Gasteiger partial charge in [-0.3, -0.25) is 0 Å². The summed E-state index contributed by atoms with van der Waals surface area (Å²) in [6.45, 7) is 2.72. The summed E-state index contributed by atoms with van der Waals surface area (Å²) in [6.07, 6.45) is 1.56. The first-order valence-corrected chi connectivity index (χ1v) is 11.4. The van der Waals surface area contributed by atoms with Crippen LogP contribution in [-0.2, 0) is 12.8 Å². The zero-order chi connectivity index (χ0) is 21.2. The molecule has 3 aromatic carbocycles. The molecule has 3 aromatic rings. The van der Waals surface area contributed by atoms with Gasteiger partial charge in [-0.25, -0.2) is 0 Å². The second-order valence-electron chi connectivity index (χ2n) is 6.38. The second kappa shape index (κ2) is 12.6. The SMILES string of the molecule is Cc1cc(Cl)c(OCCc2ccc(Br)cc2)c(Cl)c1.OCCc1ccc(Br)cc1. The monoisotopic (exact) mass is 558 g/mol. The Balaban J connectivity index is 0.000000253. The Morgan fingerprint density at radius 2 is 1.24 bits per heavy atom. The topological polar surface area (TPSA) is 29.5 Å². The minimum Gasteiger partial charge on any atom is -0.490 e. The van der Waals surface area contributed by atoms with Crippen LogP contribution < -0.4 is 4.74 Å². The van der Waals surface area contributed by atoms with Crippen molar-refractivity contribution in [3.8, 4) is 5.75 Å². The number of hydrogen-bond donors (Lipinski definition) is 1. The third kappa shape index (κ3) is 8.69. The summed E-state index contributed by atoms with van der Waals surface area (Å²) in [5, 5.41) is 9.69. The molecule has 0 fully saturated rings. The number of aliphatic hydroxyl groups is 1.